The van der Waals surface area contributed by atoms with E-state index in [2.05, 4.69) is 29.0 Å². The molecule has 0 atom stereocenters. The summed E-state index contributed by atoms with van der Waals surface area (Å²) in [5, 5.41) is 0. The minimum atomic E-state index is 0.815. The highest BCUT2D eigenvalue weighted by Gasteiger charge is 2.20. The average molecular weight is 133 g/mol. The summed E-state index contributed by atoms with van der Waals surface area (Å²) in [6.07, 6.45) is 9.96. The molecule has 0 unspecified atom stereocenters. The second kappa shape index (κ2) is 2.53. The molecule has 10 heavy (non-hydrogen) atoms. The SMILES string of the molecule is c1ccn(B2CCCC2)c1. The molecule has 2 rings (SSSR count). The minimum absolute atomic E-state index is 0.815. The molecular weight excluding hydrogens is 121 g/mol. The van der Waals surface area contributed by atoms with Crippen molar-refractivity contribution < 1.29 is 0 Å². The van der Waals surface area contributed by atoms with Crippen molar-refractivity contribution in [3.8, 4) is 0 Å². The molecule has 1 aliphatic heterocycles. The second-order valence-corrected chi connectivity index (χ2v) is 3.07. The summed E-state index contributed by atoms with van der Waals surface area (Å²) in [5.41, 5.74) is 0. The van der Waals surface area contributed by atoms with Crippen LogP contribution in [0.3, 0.4) is 0 Å². The van der Waals surface area contributed by atoms with E-state index in [1.807, 2.05) is 0 Å². The molecule has 0 bridgehead atoms. The van der Waals surface area contributed by atoms with Gasteiger partial charge in [0, 0.05) is 0 Å². The van der Waals surface area contributed by atoms with Gasteiger partial charge in [-0.1, -0.05) is 25.5 Å². The minimum Gasteiger partial charge on any atom is -0.398 e. The normalized spacial score (nSPS) is 18.2. The van der Waals surface area contributed by atoms with Crippen molar-refractivity contribution in [2.24, 2.45) is 0 Å². The molecule has 1 aromatic heterocycles. The number of rotatable bonds is 1. The van der Waals surface area contributed by atoms with Crippen molar-refractivity contribution in [3.63, 3.8) is 0 Å². The van der Waals surface area contributed by atoms with Crippen LogP contribution in [0.5, 0.6) is 0 Å². The van der Waals surface area contributed by atoms with E-state index in [1.54, 1.807) is 0 Å². The Bertz CT molecular complexity index is 187. The van der Waals surface area contributed by atoms with Gasteiger partial charge in [-0.2, -0.15) is 0 Å². The lowest BCUT2D eigenvalue weighted by atomic mass is 9.60. The molecule has 1 saturated heterocycles. The van der Waals surface area contributed by atoms with Crippen molar-refractivity contribution in [2.75, 3.05) is 0 Å². The first-order chi connectivity index (χ1) is 4.97. The van der Waals surface area contributed by atoms with Gasteiger partial charge in [-0.05, 0) is 24.5 Å². The molecule has 2 heteroatoms. The fourth-order valence-corrected chi connectivity index (χ4v) is 1.79. The van der Waals surface area contributed by atoms with E-state index in [0.29, 0.717) is 0 Å². The molecule has 1 nitrogen and oxygen atoms in total. The molecule has 1 aromatic rings. The zero-order chi connectivity index (χ0) is 6.81. The summed E-state index contributed by atoms with van der Waals surface area (Å²) in [6.45, 7) is 0.815. The molecule has 0 amide bonds. The van der Waals surface area contributed by atoms with Crippen molar-refractivity contribution in [3.05, 3.63) is 24.5 Å². The average Bonchev–Trinajstić information content (AvgIpc) is 2.59. The first kappa shape index (κ1) is 6.08. The molecular formula is C8H12BN. The van der Waals surface area contributed by atoms with Gasteiger partial charge >= 0.3 is 0 Å². The van der Waals surface area contributed by atoms with Crippen LogP contribution in [-0.2, 0) is 0 Å². The van der Waals surface area contributed by atoms with Crippen LogP contribution >= 0.6 is 0 Å². The van der Waals surface area contributed by atoms with E-state index in [0.717, 1.165) is 6.85 Å². The van der Waals surface area contributed by atoms with Crippen LogP contribution in [0.1, 0.15) is 12.8 Å². The Morgan fingerprint density at radius 2 is 1.60 bits per heavy atom. The fraction of sp³-hybridized carbons (Fsp3) is 0.500. The third kappa shape index (κ3) is 0.983. The highest BCUT2D eigenvalue weighted by molar-refractivity contribution is 6.57. The van der Waals surface area contributed by atoms with Crippen molar-refractivity contribution in [1.29, 1.82) is 0 Å². The van der Waals surface area contributed by atoms with Gasteiger partial charge in [0.1, 0.15) is 0 Å². The molecule has 0 aliphatic carbocycles. The van der Waals surface area contributed by atoms with Gasteiger partial charge in [-0.3, -0.25) is 0 Å². The molecule has 52 valence electrons. The molecule has 0 aromatic carbocycles. The molecule has 1 aliphatic rings. The maximum atomic E-state index is 2.34. The van der Waals surface area contributed by atoms with E-state index in [9.17, 15) is 0 Å². The third-order valence-electron chi connectivity index (χ3n) is 2.37. The van der Waals surface area contributed by atoms with E-state index in [1.165, 1.54) is 25.5 Å². The lowest BCUT2D eigenvalue weighted by Gasteiger charge is -2.05. The van der Waals surface area contributed by atoms with E-state index in [-0.39, 0.29) is 0 Å². The van der Waals surface area contributed by atoms with Crippen LogP contribution in [0.4, 0.5) is 0 Å². The zero-order valence-corrected chi connectivity index (χ0v) is 6.16. The smallest absolute Gasteiger partial charge is 0.258 e. The van der Waals surface area contributed by atoms with E-state index >= 15 is 0 Å². The van der Waals surface area contributed by atoms with E-state index in [4.69, 9.17) is 0 Å². The first-order valence-corrected chi connectivity index (χ1v) is 4.09. The highest BCUT2D eigenvalue weighted by atomic mass is 14.9. The molecule has 0 N–H and O–H groups in total. The largest absolute Gasteiger partial charge is 0.398 e. The van der Waals surface area contributed by atoms with Gasteiger partial charge < -0.3 is 4.48 Å². The van der Waals surface area contributed by atoms with Crippen LogP contribution in [0.2, 0.25) is 12.6 Å². The Morgan fingerprint density at radius 3 is 2.20 bits per heavy atom. The summed E-state index contributed by atoms with van der Waals surface area (Å²) >= 11 is 0. The Labute approximate surface area is 62.1 Å². The van der Waals surface area contributed by atoms with Gasteiger partial charge in [0.15, 0.2) is 0 Å². The Balaban J connectivity index is 2.12. The van der Waals surface area contributed by atoms with Crippen LogP contribution in [0.15, 0.2) is 24.5 Å². The molecule has 0 spiro atoms. The summed E-state index contributed by atoms with van der Waals surface area (Å²) in [7, 11) is 0. The maximum Gasteiger partial charge on any atom is 0.258 e. The predicted octanol–water partition coefficient (Wildman–Crippen LogP) is 2.12. The van der Waals surface area contributed by atoms with Gasteiger partial charge in [-0.15, -0.1) is 0 Å². The molecule has 1 fully saturated rings. The molecule has 0 saturated carbocycles. The maximum absolute atomic E-state index is 2.34. The summed E-state index contributed by atoms with van der Waals surface area (Å²) in [5.74, 6) is 0. The first-order valence-electron chi connectivity index (χ1n) is 4.09. The van der Waals surface area contributed by atoms with Gasteiger partial charge in [0.25, 0.3) is 6.85 Å². The van der Waals surface area contributed by atoms with Gasteiger partial charge in [0.05, 0.1) is 0 Å². The van der Waals surface area contributed by atoms with E-state index < -0.39 is 0 Å². The second-order valence-electron chi connectivity index (χ2n) is 3.07. The molecule has 2 heterocycles. The third-order valence-corrected chi connectivity index (χ3v) is 2.37. The van der Waals surface area contributed by atoms with Gasteiger partial charge in [0.2, 0.25) is 0 Å². The number of hydrogen-bond donors (Lipinski definition) is 0. The van der Waals surface area contributed by atoms with Crippen LogP contribution in [0, 0.1) is 0 Å². The Kier molecular flexibility index (Phi) is 1.54. The predicted molar refractivity (Wildman–Crippen MR) is 44.4 cm³/mol. The van der Waals surface area contributed by atoms with Crippen LogP contribution in [0.25, 0.3) is 0 Å². The van der Waals surface area contributed by atoms with Crippen LogP contribution < -0.4 is 0 Å². The fourth-order valence-electron chi connectivity index (χ4n) is 1.79. The number of hydrogen-bond acceptors (Lipinski definition) is 0. The summed E-state index contributed by atoms with van der Waals surface area (Å²) in [6, 6.07) is 4.22. The standard InChI is InChI=1S/C8H12BN/c1-2-6-9(5-1)10-7-3-4-8-10/h3-4,7-8H,1-2,5-6H2. The number of nitrogens with zero attached hydrogens (tertiary/aromatic N) is 1. The topological polar surface area (TPSA) is 4.93 Å². The zero-order valence-electron chi connectivity index (χ0n) is 6.16. The Morgan fingerprint density at radius 1 is 1.00 bits per heavy atom. The molecule has 0 radical (unpaired) electrons. The number of aromatic nitrogens is 1. The lowest BCUT2D eigenvalue weighted by molar-refractivity contribution is 0.935. The summed E-state index contributed by atoms with van der Waals surface area (Å²) < 4.78 is 2.34. The van der Waals surface area contributed by atoms with Crippen molar-refractivity contribution >= 4 is 6.85 Å². The van der Waals surface area contributed by atoms with Crippen molar-refractivity contribution in [2.45, 2.75) is 25.5 Å². The van der Waals surface area contributed by atoms with Crippen LogP contribution in [-0.4, -0.2) is 11.3 Å². The lowest BCUT2D eigenvalue weighted by Crippen LogP contribution is -2.17. The summed E-state index contributed by atoms with van der Waals surface area (Å²) in [4.78, 5) is 0. The van der Waals surface area contributed by atoms with Gasteiger partial charge in [-0.25, -0.2) is 0 Å². The van der Waals surface area contributed by atoms with Crippen molar-refractivity contribution in [1.82, 2.24) is 4.48 Å². The monoisotopic (exact) mass is 133 g/mol. The quantitative estimate of drug-likeness (QED) is 0.517. The highest BCUT2D eigenvalue weighted by Crippen LogP contribution is 2.20. The Hall–Kier alpha value is -0.655.